The Kier molecular flexibility index (Phi) is 5.83. The number of benzene rings is 1. The zero-order valence-corrected chi connectivity index (χ0v) is 15.4. The number of nitrogens with one attached hydrogen (secondary N) is 1. The van der Waals surface area contributed by atoms with Crippen molar-refractivity contribution in [2.24, 2.45) is 7.05 Å². The molecule has 1 aromatic heterocycles. The van der Waals surface area contributed by atoms with Gasteiger partial charge in [0.15, 0.2) is 0 Å². The van der Waals surface area contributed by atoms with Crippen LogP contribution in [0.25, 0.3) is 0 Å². The molecule has 1 heterocycles. The van der Waals surface area contributed by atoms with Gasteiger partial charge in [0.25, 0.3) is 11.5 Å². The third-order valence-corrected chi connectivity index (χ3v) is 5.08. The van der Waals surface area contributed by atoms with Crippen LogP contribution in [0.15, 0.2) is 41.2 Å². The lowest BCUT2D eigenvalue weighted by Gasteiger charge is -2.31. The Morgan fingerprint density at radius 1 is 1.19 bits per heavy atom. The van der Waals surface area contributed by atoms with E-state index in [1.54, 1.807) is 0 Å². The Morgan fingerprint density at radius 3 is 2.65 bits per heavy atom. The molecule has 1 N–H and O–H groups in total. The molecule has 26 heavy (non-hydrogen) atoms. The van der Waals surface area contributed by atoms with Crippen LogP contribution in [0.4, 0.5) is 5.69 Å². The maximum atomic E-state index is 12.5. The van der Waals surface area contributed by atoms with Gasteiger partial charge in [0.05, 0.1) is 0 Å². The van der Waals surface area contributed by atoms with Crippen molar-refractivity contribution in [2.45, 2.75) is 44.7 Å². The Labute approximate surface area is 153 Å². The molecule has 1 fully saturated rings. The number of anilines is 1. The van der Waals surface area contributed by atoms with Crippen LogP contribution in [0.1, 0.15) is 48.2 Å². The van der Waals surface area contributed by atoms with Crippen molar-refractivity contribution < 1.29 is 4.79 Å². The van der Waals surface area contributed by atoms with Crippen LogP contribution in [-0.2, 0) is 13.6 Å². The monoisotopic (exact) mass is 354 g/mol. The molecule has 0 saturated heterocycles. The predicted octanol–water partition coefficient (Wildman–Crippen LogP) is 2.80. The third-order valence-electron chi connectivity index (χ3n) is 5.08. The van der Waals surface area contributed by atoms with E-state index >= 15 is 0 Å². The number of aromatic nitrogens is 2. The number of rotatable bonds is 5. The summed E-state index contributed by atoms with van der Waals surface area (Å²) < 4.78 is 1.16. The molecule has 0 atom stereocenters. The average Bonchev–Trinajstić information content (AvgIpc) is 2.66. The molecule has 0 aliphatic heterocycles. The summed E-state index contributed by atoms with van der Waals surface area (Å²) in [6.45, 7) is 0.793. The number of para-hydroxylation sites is 1. The topological polar surface area (TPSA) is 67.2 Å². The van der Waals surface area contributed by atoms with Crippen LogP contribution in [0.2, 0.25) is 0 Å². The van der Waals surface area contributed by atoms with Gasteiger partial charge in [0.1, 0.15) is 5.69 Å². The predicted molar refractivity (Wildman–Crippen MR) is 102 cm³/mol. The summed E-state index contributed by atoms with van der Waals surface area (Å²) in [7, 11) is 3.69. The number of aryl methyl sites for hydroxylation is 1. The Morgan fingerprint density at radius 2 is 1.92 bits per heavy atom. The van der Waals surface area contributed by atoms with Crippen molar-refractivity contribution >= 4 is 11.6 Å². The van der Waals surface area contributed by atoms with Crippen molar-refractivity contribution in [3.63, 3.8) is 0 Å². The van der Waals surface area contributed by atoms with E-state index in [-0.39, 0.29) is 17.2 Å². The first-order valence-electron chi connectivity index (χ1n) is 9.18. The molecular formula is C20H26N4O2. The second-order valence-corrected chi connectivity index (χ2v) is 7.00. The van der Waals surface area contributed by atoms with E-state index in [0.29, 0.717) is 6.04 Å². The summed E-state index contributed by atoms with van der Waals surface area (Å²) >= 11 is 0. The highest BCUT2D eigenvalue weighted by Gasteiger charge is 2.19. The van der Waals surface area contributed by atoms with Crippen LogP contribution in [0.5, 0.6) is 0 Å². The smallest absolute Gasteiger partial charge is 0.276 e. The molecule has 0 bridgehead atoms. The lowest BCUT2D eigenvalue weighted by Crippen LogP contribution is -2.33. The summed E-state index contributed by atoms with van der Waals surface area (Å²) in [4.78, 5) is 26.3. The largest absolute Gasteiger partial charge is 0.320 e. The van der Waals surface area contributed by atoms with Gasteiger partial charge in [-0.1, -0.05) is 37.5 Å². The maximum absolute atomic E-state index is 12.5. The molecule has 6 heteroatoms. The average molecular weight is 354 g/mol. The molecule has 1 aromatic carbocycles. The van der Waals surface area contributed by atoms with E-state index in [1.165, 1.54) is 51.3 Å². The lowest BCUT2D eigenvalue weighted by molar-refractivity contribution is 0.102. The molecule has 1 saturated carbocycles. The van der Waals surface area contributed by atoms with Gasteiger partial charge in [-0.3, -0.25) is 14.5 Å². The Bertz CT molecular complexity index is 825. The van der Waals surface area contributed by atoms with Gasteiger partial charge in [-0.05, 0) is 37.6 Å². The lowest BCUT2D eigenvalue weighted by atomic mass is 9.94. The van der Waals surface area contributed by atoms with Gasteiger partial charge >= 0.3 is 0 Å². The summed E-state index contributed by atoms with van der Waals surface area (Å²) in [5.41, 5.74) is 1.85. The van der Waals surface area contributed by atoms with Crippen LogP contribution < -0.4 is 10.9 Å². The second kappa shape index (κ2) is 8.27. The molecule has 6 nitrogen and oxygen atoms in total. The summed E-state index contributed by atoms with van der Waals surface area (Å²) in [5, 5.41) is 6.95. The quantitative estimate of drug-likeness (QED) is 0.897. The molecule has 0 radical (unpaired) electrons. The number of amides is 1. The highest BCUT2D eigenvalue weighted by Crippen LogP contribution is 2.25. The minimum absolute atomic E-state index is 0.225. The minimum atomic E-state index is -0.312. The minimum Gasteiger partial charge on any atom is -0.320 e. The van der Waals surface area contributed by atoms with E-state index < -0.39 is 0 Å². The van der Waals surface area contributed by atoms with Gasteiger partial charge in [-0.15, -0.1) is 0 Å². The van der Waals surface area contributed by atoms with Gasteiger partial charge in [-0.25, -0.2) is 4.68 Å². The zero-order chi connectivity index (χ0) is 18.5. The number of nitrogens with zero attached hydrogens (tertiary/aromatic N) is 3. The normalized spacial score (nSPS) is 15.2. The molecule has 0 spiro atoms. The summed E-state index contributed by atoms with van der Waals surface area (Å²) in [5.74, 6) is -0.312. The van der Waals surface area contributed by atoms with Crippen molar-refractivity contribution in [3.05, 3.63) is 58.0 Å². The van der Waals surface area contributed by atoms with Crippen LogP contribution in [0, 0.1) is 0 Å². The van der Waals surface area contributed by atoms with Crippen molar-refractivity contribution in [2.75, 3.05) is 12.4 Å². The van der Waals surface area contributed by atoms with Crippen molar-refractivity contribution in [1.29, 1.82) is 0 Å². The molecule has 1 aliphatic rings. The summed E-state index contributed by atoms with van der Waals surface area (Å²) in [6.07, 6.45) is 6.42. The van der Waals surface area contributed by atoms with E-state index in [9.17, 15) is 9.59 Å². The molecule has 1 amide bonds. The van der Waals surface area contributed by atoms with E-state index in [0.717, 1.165) is 22.5 Å². The summed E-state index contributed by atoms with van der Waals surface area (Å²) in [6, 6.07) is 11.3. The second-order valence-electron chi connectivity index (χ2n) is 7.00. The fraction of sp³-hybridized carbons (Fsp3) is 0.450. The Balaban J connectivity index is 1.73. The number of hydrogen-bond acceptors (Lipinski definition) is 4. The third kappa shape index (κ3) is 4.38. The fourth-order valence-electron chi connectivity index (χ4n) is 3.51. The molecule has 2 aromatic rings. The molecule has 3 rings (SSSR count). The standard InChI is InChI=1S/C20H26N4O2/c1-23(16-9-4-3-5-10-16)14-15-8-6-7-11-17(15)21-20(26)18-12-13-19(25)24(2)22-18/h6-8,11-13,16H,3-5,9-10,14H2,1-2H3,(H,21,26). The zero-order valence-electron chi connectivity index (χ0n) is 15.4. The van der Waals surface area contributed by atoms with Crippen molar-refractivity contribution in [3.8, 4) is 0 Å². The molecule has 1 aliphatic carbocycles. The van der Waals surface area contributed by atoms with Gasteiger partial charge in [-0.2, -0.15) is 5.10 Å². The van der Waals surface area contributed by atoms with Gasteiger partial charge in [0, 0.05) is 31.4 Å². The number of carbonyl (C=O) groups excluding carboxylic acids is 1. The molecular weight excluding hydrogens is 328 g/mol. The molecule has 138 valence electrons. The SMILES string of the molecule is CN(Cc1ccccc1NC(=O)c1ccc(=O)n(C)n1)C1CCCCC1. The maximum Gasteiger partial charge on any atom is 0.276 e. The Hall–Kier alpha value is -2.47. The van der Waals surface area contributed by atoms with E-state index in [1.807, 2.05) is 24.3 Å². The van der Waals surface area contributed by atoms with Crippen LogP contribution in [0.3, 0.4) is 0 Å². The highest BCUT2D eigenvalue weighted by molar-refractivity contribution is 6.03. The van der Waals surface area contributed by atoms with E-state index in [2.05, 4.69) is 22.4 Å². The first kappa shape index (κ1) is 18.3. The first-order chi connectivity index (χ1) is 12.5. The van der Waals surface area contributed by atoms with Crippen LogP contribution in [-0.4, -0.2) is 33.7 Å². The van der Waals surface area contributed by atoms with Crippen molar-refractivity contribution in [1.82, 2.24) is 14.7 Å². The highest BCUT2D eigenvalue weighted by atomic mass is 16.2. The number of hydrogen-bond donors (Lipinski definition) is 1. The number of carbonyl (C=O) groups is 1. The first-order valence-corrected chi connectivity index (χ1v) is 9.18. The fourth-order valence-corrected chi connectivity index (χ4v) is 3.51. The molecule has 0 unspecified atom stereocenters. The van der Waals surface area contributed by atoms with E-state index in [4.69, 9.17) is 0 Å². The van der Waals surface area contributed by atoms with Gasteiger partial charge in [0.2, 0.25) is 0 Å². The van der Waals surface area contributed by atoms with Gasteiger partial charge < -0.3 is 5.32 Å². The van der Waals surface area contributed by atoms with Crippen LogP contribution >= 0.6 is 0 Å².